The molecule has 118 valence electrons. The Morgan fingerprint density at radius 2 is 2.00 bits per heavy atom. The van der Waals surface area contributed by atoms with Crippen LogP contribution in [0.25, 0.3) is 0 Å². The number of hydrogen-bond acceptors (Lipinski definition) is 4. The van der Waals surface area contributed by atoms with Crippen LogP contribution in [0.5, 0.6) is 0 Å². The van der Waals surface area contributed by atoms with Gasteiger partial charge >= 0.3 is 0 Å². The highest BCUT2D eigenvalue weighted by atomic mass is 32.1. The van der Waals surface area contributed by atoms with Crippen LogP contribution in [-0.2, 0) is 12.8 Å². The molecule has 0 atom stereocenters. The Kier molecular flexibility index (Phi) is 6.07. The summed E-state index contributed by atoms with van der Waals surface area (Å²) >= 11 is 1.53. The molecule has 0 aromatic carbocycles. The maximum absolute atomic E-state index is 12.4. The second-order valence-electron chi connectivity index (χ2n) is 5.46. The van der Waals surface area contributed by atoms with E-state index in [4.69, 9.17) is 0 Å². The molecule has 0 aliphatic heterocycles. The molecule has 4 nitrogen and oxygen atoms in total. The first-order valence-electron chi connectivity index (χ1n) is 7.72. The largest absolute Gasteiger partial charge is 0.341 e. The van der Waals surface area contributed by atoms with E-state index < -0.39 is 0 Å². The maximum Gasteiger partial charge on any atom is 0.265 e. The molecule has 1 amide bonds. The molecule has 0 aliphatic rings. The number of carbonyl (C=O) groups excluding carboxylic acids is 1. The van der Waals surface area contributed by atoms with Crippen molar-refractivity contribution in [2.45, 2.75) is 39.5 Å². The van der Waals surface area contributed by atoms with Gasteiger partial charge in [-0.05, 0) is 37.5 Å². The summed E-state index contributed by atoms with van der Waals surface area (Å²) < 4.78 is 0. The molecule has 0 N–H and O–H groups in total. The summed E-state index contributed by atoms with van der Waals surface area (Å²) in [5, 5.41) is 1.03. The van der Waals surface area contributed by atoms with Crippen LogP contribution in [0.1, 0.15) is 45.7 Å². The SMILES string of the molecule is CCCCN(C)C(=O)c1sc(CCc2ccncc2)nc1C. The molecular formula is C17H23N3OS. The predicted octanol–water partition coefficient (Wildman–Crippen LogP) is 3.50. The first-order valence-corrected chi connectivity index (χ1v) is 8.54. The van der Waals surface area contributed by atoms with E-state index in [0.717, 1.165) is 47.8 Å². The van der Waals surface area contributed by atoms with Crippen LogP contribution in [0.2, 0.25) is 0 Å². The number of nitrogens with zero attached hydrogens (tertiary/aromatic N) is 3. The van der Waals surface area contributed by atoms with Crippen LogP contribution in [-0.4, -0.2) is 34.4 Å². The maximum atomic E-state index is 12.4. The van der Waals surface area contributed by atoms with Crippen molar-refractivity contribution in [3.63, 3.8) is 0 Å². The zero-order chi connectivity index (χ0) is 15.9. The molecule has 0 aliphatic carbocycles. The van der Waals surface area contributed by atoms with E-state index >= 15 is 0 Å². The minimum Gasteiger partial charge on any atom is -0.341 e. The topological polar surface area (TPSA) is 46.1 Å². The zero-order valence-electron chi connectivity index (χ0n) is 13.5. The van der Waals surface area contributed by atoms with Gasteiger partial charge < -0.3 is 4.90 Å². The number of rotatable bonds is 7. The van der Waals surface area contributed by atoms with E-state index in [1.54, 1.807) is 17.3 Å². The lowest BCUT2D eigenvalue weighted by Crippen LogP contribution is -2.27. The lowest BCUT2D eigenvalue weighted by molar-refractivity contribution is 0.0797. The van der Waals surface area contributed by atoms with Crippen molar-refractivity contribution in [2.24, 2.45) is 0 Å². The number of aromatic nitrogens is 2. The van der Waals surface area contributed by atoms with Crippen molar-refractivity contribution in [3.8, 4) is 0 Å². The summed E-state index contributed by atoms with van der Waals surface area (Å²) in [4.78, 5) is 23.6. The summed E-state index contributed by atoms with van der Waals surface area (Å²) in [5.41, 5.74) is 2.10. The summed E-state index contributed by atoms with van der Waals surface area (Å²) in [6.45, 7) is 4.86. The monoisotopic (exact) mass is 317 g/mol. The van der Waals surface area contributed by atoms with E-state index in [-0.39, 0.29) is 5.91 Å². The zero-order valence-corrected chi connectivity index (χ0v) is 14.3. The molecule has 0 radical (unpaired) electrons. The van der Waals surface area contributed by atoms with Gasteiger partial charge in [-0.3, -0.25) is 9.78 Å². The van der Waals surface area contributed by atoms with Crippen LogP contribution in [0.3, 0.4) is 0 Å². The summed E-state index contributed by atoms with van der Waals surface area (Å²) in [7, 11) is 1.87. The highest BCUT2D eigenvalue weighted by Gasteiger charge is 2.18. The van der Waals surface area contributed by atoms with Gasteiger partial charge in [0.05, 0.1) is 10.7 Å². The van der Waals surface area contributed by atoms with Crippen LogP contribution in [0.4, 0.5) is 0 Å². The fourth-order valence-electron chi connectivity index (χ4n) is 2.23. The molecule has 22 heavy (non-hydrogen) atoms. The highest BCUT2D eigenvalue weighted by Crippen LogP contribution is 2.21. The minimum atomic E-state index is 0.0959. The van der Waals surface area contributed by atoms with Gasteiger partial charge in [0.15, 0.2) is 0 Å². The van der Waals surface area contributed by atoms with Crippen LogP contribution >= 0.6 is 11.3 Å². The van der Waals surface area contributed by atoms with Gasteiger partial charge in [-0.15, -0.1) is 11.3 Å². The normalized spacial score (nSPS) is 10.7. The smallest absolute Gasteiger partial charge is 0.265 e. The molecule has 0 unspecified atom stereocenters. The quantitative estimate of drug-likeness (QED) is 0.785. The van der Waals surface area contributed by atoms with Crippen molar-refractivity contribution < 1.29 is 4.79 Å². The Morgan fingerprint density at radius 1 is 1.27 bits per heavy atom. The number of carbonyl (C=O) groups is 1. The molecule has 2 aromatic heterocycles. The molecule has 0 saturated carbocycles. The molecule has 2 heterocycles. The van der Waals surface area contributed by atoms with Crippen molar-refractivity contribution in [3.05, 3.63) is 45.7 Å². The second-order valence-corrected chi connectivity index (χ2v) is 6.54. The van der Waals surface area contributed by atoms with Gasteiger partial charge in [0, 0.05) is 32.4 Å². The number of hydrogen-bond donors (Lipinski definition) is 0. The van der Waals surface area contributed by atoms with Gasteiger partial charge in [-0.25, -0.2) is 4.98 Å². The van der Waals surface area contributed by atoms with Gasteiger partial charge in [0.2, 0.25) is 0 Å². The average molecular weight is 317 g/mol. The third-order valence-electron chi connectivity index (χ3n) is 3.61. The van der Waals surface area contributed by atoms with E-state index in [1.807, 2.05) is 26.1 Å². The first-order chi connectivity index (χ1) is 10.6. The molecular weight excluding hydrogens is 294 g/mol. The van der Waals surface area contributed by atoms with Gasteiger partial charge in [-0.2, -0.15) is 0 Å². The molecule has 0 bridgehead atoms. The average Bonchev–Trinajstić information content (AvgIpc) is 2.91. The molecule has 5 heteroatoms. The number of thiazole rings is 1. The van der Waals surface area contributed by atoms with Crippen molar-refractivity contribution in [2.75, 3.05) is 13.6 Å². The molecule has 2 aromatic rings. The minimum absolute atomic E-state index is 0.0959. The lowest BCUT2D eigenvalue weighted by atomic mass is 10.1. The Balaban J connectivity index is 2.00. The molecule has 0 fully saturated rings. The van der Waals surface area contributed by atoms with Crippen molar-refractivity contribution in [1.82, 2.24) is 14.9 Å². The Bertz CT molecular complexity index is 610. The number of pyridine rings is 1. The fourth-order valence-corrected chi connectivity index (χ4v) is 3.29. The van der Waals surface area contributed by atoms with E-state index in [9.17, 15) is 4.79 Å². The fraction of sp³-hybridized carbons (Fsp3) is 0.471. The van der Waals surface area contributed by atoms with Crippen molar-refractivity contribution >= 4 is 17.2 Å². The first kappa shape index (κ1) is 16.6. The van der Waals surface area contributed by atoms with Crippen LogP contribution in [0, 0.1) is 6.92 Å². The molecule has 0 spiro atoms. The van der Waals surface area contributed by atoms with Gasteiger partial charge in [0.1, 0.15) is 4.88 Å². The Labute approximate surface area is 136 Å². The molecule has 2 rings (SSSR count). The van der Waals surface area contributed by atoms with Crippen LogP contribution < -0.4 is 0 Å². The summed E-state index contributed by atoms with van der Waals surface area (Å²) in [6, 6.07) is 4.04. The number of aryl methyl sites for hydroxylation is 3. The van der Waals surface area contributed by atoms with E-state index in [1.165, 1.54) is 16.9 Å². The Morgan fingerprint density at radius 3 is 2.68 bits per heavy atom. The summed E-state index contributed by atoms with van der Waals surface area (Å²) in [5.74, 6) is 0.0959. The molecule has 0 saturated heterocycles. The third-order valence-corrected chi connectivity index (χ3v) is 4.81. The third kappa shape index (κ3) is 4.37. The number of amides is 1. The predicted molar refractivity (Wildman–Crippen MR) is 90.4 cm³/mol. The van der Waals surface area contributed by atoms with Crippen LogP contribution in [0.15, 0.2) is 24.5 Å². The Hall–Kier alpha value is -1.75. The standard InChI is InChI=1S/C17H23N3OS/c1-4-5-12-20(3)17(21)16-13(2)19-15(22-16)7-6-14-8-10-18-11-9-14/h8-11H,4-7,12H2,1-3H3. The van der Waals surface area contributed by atoms with E-state index in [2.05, 4.69) is 16.9 Å². The second kappa shape index (κ2) is 8.03. The highest BCUT2D eigenvalue weighted by molar-refractivity contribution is 7.13. The van der Waals surface area contributed by atoms with Crippen molar-refractivity contribution in [1.29, 1.82) is 0 Å². The number of unbranched alkanes of at least 4 members (excludes halogenated alkanes) is 1. The lowest BCUT2D eigenvalue weighted by Gasteiger charge is -2.15. The van der Waals surface area contributed by atoms with Gasteiger partial charge in [0.25, 0.3) is 5.91 Å². The van der Waals surface area contributed by atoms with Gasteiger partial charge in [-0.1, -0.05) is 13.3 Å². The summed E-state index contributed by atoms with van der Waals surface area (Å²) in [6.07, 6.45) is 7.53. The van der Waals surface area contributed by atoms with E-state index in [0.29, 0.717) is 0 Å².